The molecule has 8 heteroatoms. The van der Waals surface area contributed by atoms with Gasteiger partial charge in [-0.3, -0.25) is 9.36 Å². The lowest BCUT2D eigenvalue weighted by molar-refractivity contribution is -0.115. The maximum Gasteiger partial charge on any atom is 0.237 e. The van der Waals surface area contributed by atoms with Crippen LogP contribution >= 0.6 is 11.8 Å². The molecular formula is C25H24N4O3S. The summed E-state index contributed by atoms with van der Waals surface area (Å²) in [7, 11) is 1.62. The molecule has 0 aliphatic rings. The number of carbonyl (C=O) groups is 1. The van der Waals surface area contributed by atoms with Crippen molar-refractivity contribution in [2.45, 2.75) is 24.3 Å². The smallest absolute Gasteiger partial charge is 0.237 e. The summed E-state index contributed by atoms with van der Waals surface area (Å²) in [4.78, 5) is 12.8. The fraction of sp³-hybridized carbons (Fsp3) is 0.160. The number of hydrogen-bond acceptors (Lipinski definition) is 6. The first-order valence-electron chi connectivity index (χ1n) is 10.4. The molecule has 0 saturated carbocycles. The first kappa shape index (κ1) is 22.4. The van der Waals surface area contributed by atoms with Gasteiger partial charge in [0.15, 0.2) is 11.0 Å². The maximum absolute atomic E-state index is 12.8. The number of anilines is 1. The van der Waals surface area contributed by atoms with E-state index in [1.807, 2.05) is 66.9 Å². The Morgan fingerprint density at radius 1 is 1.00 bits per heavy atom. The zero-order valence-electron chi connectivity index (χ0n) is 18.5. The lowest BCUT2D eigenvalue weighted by Crippen LogP contribution is -2.22. The number of aryl methyl sites for hydroxylation is 1. The summed E-state index contributed by atoms with van der Waals surface area (Å²) in [5, 5.41) is 21.5. The number of hydrogen-bond donors (Lipinski definition) is 2. The molecule has 4 rings (SSSR count). The highest BCUT2D eigenvalue weighted by molar-refractivity contribution is 8.00. The summed E-state index contributed by atoms with van der Waals surface area (Å²) >= 11 is 1.32. The van der Waals surface area contributed by atoms with Crippen molar-refractivity contribution in [2.75, 3.05) is 12.4 Å². The highest BCUT2D eigenvalue weighted by Crippen LogP contribution is 2.31. The van der Waals surface area contributed by atoms with Gasteiger partial charge in [0.05, 0.1) is 12.4 Å². The van der Waals surface area contributed by atoms with Crippen LogP contribution in [0.15, 0.2) is 78.0 Å². The molecule has 33 heavy (non-hydrogen) atoms. The van der Waals surface area contributed by atoms with E-state index in [4.69, 9.17) is 4.74 Å². The molecule has 1 aromatic heterocycles. The minimum absolute atomic E-state index is 0.126. The molecule has 1 atom stereocenters. The maximum atomic E-state index is 12.8. The first-order valence-corrected chi connectivity index (χ1v) is 11.3. The van der Waals surface area contributed by atoms with Crippen molar-refractivity contribution in [2.24, 2.45) is 0 Å². The van der Waals surface area contributed by atoms with Gasteiger partial charge >= 0.3 is 0 Å². The zero-order chi connectivity index (χ0) is 23.4. The van der Waals surface area contributed by atoms with Crippen LogP contribution in [0.5, 0.6) is 11.5 Å². The van der Waals surface area contributed by atoms with Crippen molar-refractivity contribution < 1.29 is 14.6 Å². The summed E-state index contributed by atoms with van der Waals surface area (Å²) < 4.78 is 7.17. The number of methoxy groups -OCH3 is 1. The topological polar surface area (TPSA) is 89.3 Å². The van der Waals surface area contributed by atoms with Gasteiger partial charge in [0, 0.05) is 16.9 Å². The predicted octanol–water partition coefficient (Wildman–Crippen LogP) is 5.08. The van der Waals surface area contributed by atoms with Gasteiger partial charge in [-0.05, 0) is 74.5 Å². The molecule has 0 spiro atoms. The molecule has 0 bridgehead atoms. The van der Waals surface area contributed by atoms with E-state index in [0.717, 1.165) is 28.3 Å². The Morgan fingerprint density at radius 3 is 2.30 bits per heavy atom. The Hall–Kier alpha value is -3.78. The molecule has 0 radical (unpaired) electrons. The number of rotatable bonds is 7. The SMILES string of the molecule is COc1ccc(-n2c(S[C@@H](C)C(=O)Nc3ccc(C)cc3)nnc2-c2ccc(O)cc2)cc1. The molecule has 3 aromatic carbocycles. The van der Waals surface area contributed by atoms with Crippen LogP contribution in [-0.4, -0.2) is 38.1 Å². The van der Waals surface area contributed by atoms with Crippen molar-refractivity contribution >= 4 is 23.4 Å². The minimum atomic E-state index is -0.417. The third kappa shape index (κ3) is 5.18. The Balaban J connectivity index is 1.64. The third-order valence-corrected chi connectivity index (χ3v) is 6.10. The number of phenols is 1. The molecule has 2 N–H and O–H groups in total. The average Bonchev–Trinajstić information content (AvgIpc) is 3.24. The molecule has 0 unspecified atom stereocenters. The van der Waals surface area contributed by atoms with Gasteiger partial charge in [0.25, 0.3) is 0 Å². The number of carbonyl (C=O) groups excluding carboxylic acids is 1. The van der Waals surface area contributed by atoms with Crippen molar-refractivity contribution in [3.05, 3.63) is 78.4 Å². The fourth-order valence-corrected chi connectivity index (χ4v) is 4.07. The van der Waals surface area contributed by atoms with E-state index in [1.54, 1.807) is 31.4 Å². The van der Waals surface area contributed by atoms with Gasteiger partial charge < -0.3 is 15.2 Å². The first-order chi connectivity index (χ1) is 15.9. The molecule has 168 valence electrons. The molecule has 0 fully saturated rings. The number of nitrogens with zero attached hydrogens (tertiary/aromatic N) is 3. The second kappa shape index (κ2) is 9.79. The second-order valence-corrected chi connectivity index (χ2v) is 8.81. The lowest BCUT2D eigenvalue weighted by Gasteiger charge is -2.14. The molecule has 1 heterocycles. The van der Waals surface area contributed by atoms with Crippen LogP contribution in [0.1, 0.15) is 12.5 Å². The molecule has 7 nitrogen and oxygen atoms in total. The summed E-state index contributed by atoms with van der Waals surface area (Å²) in [6.45, 7) is 3.84. The van der Waals surface area contributed by atoms with Crippen LogP contribution in [0.25, 0.3) is 17.1 Å². The fourth-order valence-electron chi connectivity index (χ4n) is 3.20. The lowest BCUT2D eigenvalue weighted by atomic mass is 10.2. The Bertz CT molecular complexity index is 1240. The van der Waals surface area contributed by atoms with E-state index in [0.29, 0.717) is 11.0 Å². The summed E-state index contributed by atoms with van der Waals surface area (Å²) in [5.41, 5.74) is 3.50. The highest BCUT2D eigenvalue weighted by Gasteiger charge is 2.22. The Morgan fingerprint density at radius 2 is 1.67 bits per heavy atom. The molecule has 0 saturated heterocycles. The van der Waals surface area contributed by atoms with Gasteiger partial charge in [0.1, 0.15) is 11.5 Å². The van der Waals surface area contributed by atoms with Crippen LogP contribution in [0, 0.1) is 6.92 Å². The highest BCUT2D eigenvalue weighted by atomic mass is 32.2. The van der Waals surface area contributed by atoms with Crippen molar-refractivity contribution in [1.82, 2.24) is 14.8 Å². The number of aromatic nitrogens is 3. The van der Waals surface area contributed by atoms with Crippen LogP contribution in [-0.2, 0) is 4.79 Å². The number of phenolic OH excluding ortho intramolecular Hbond substituents is 1. The number of aromatic hydroxyl groups is 1. The molecular weight excluding hydrogens is 436 g/mol. The number of amides is 1. The monoisotopic (exact) mass is 460 g/mol. The van der Waals surface area contributed by atoms with Crippen LogP contribution in [0.4, 0.5) is 5.69 Å². The predicted molar refractivity (Wildman–Crippen MR) is 130 cm³/mol. The normalized spacial score (nSPS) is 11.7. The van der Waals surface area contributed by atoms with E-state index in [-0.39, 0.29) is 11.7 Å². The van der Waals surface area contributed by atoms with Gasteiger partial charge in [-0.15, -0.1) is 10.2 Å². The number of thioether (sulfide) groups is 1. The molecule has 1 amide bonds. The van der Waals surface area contributed by atoms with E-state index >= 15 is 0 Å². The van der Waals surface area contributed by atoms with Gasteiger partial charge in [-0.1, -0.05) is 29.5 Å². The van der Waals surface area contributed by atoms with E-state index < -0.39 is 5.25 Å². The van der Waals surface area contributed by atoms with Gasteiger partial charge in [0.2, 0.25) is 5.91 Å². The molecule has 0 aliphatic heterocycles. The van der Waals surface area contributed by atoms with Crippen LogP contribution in [0.2, 0.25) is 0 Å². The number of ether oxygens (including phenoxy) is 1. The summed E-state index contributed by atoms with van der Waals surface area (Å²) in [6, 6.07) is 22.0. The van der Waals surface area contributed by atoms with Gasteiger partial charge in [-0.25, -0.2) is 0 Å². The van der Waals surface area contributed by atoms with E-state index in [1.165, 1.54) is 11.8 Å². The van der Waals surface area contributed by atoms with E-state index in [9.17, 15) is 9.90 Å². The molecule has 4 aromatic rings. The molecule has 0 aliphatic carbocycles. The van der Waals surface area contributed by atoms with Gasteiger partial charge in [-0.2, -0.15) is 0 Å². The summed E-state index contributed by atoms with van der Waals surface area (Å²) in [6.07, 6.45) is 0. The standard InChI is InChI=1S/C25H24N4O3S/c1-16-4-8-19(9-5-16)26-24(31)17(2)33-25-28-27-23(18-6-12-21(30)13-7-18)29(25)20-10-14-22(32-3)15-11-20/h4-15,17,30H,1-3H3,(H,26,31)/t17-/m0/s1. The largest absolute Gasteiger partial charge is 0.508 e. The van der Waals surface area contributed by atoms with Crippen LogP contribution in [0.3, 0.4) is 0 Å². The quantitative estimate of drug-likeness (QED) is 0.374. The Labute approximate surface area is 196 Å². The average molecular weight is 461 g/mol. The van der Waals surface area contributed by atoms with Crippen molar-refractivity contribution in [3.63, 3.8) is 0 Å². The van der Waals surface area contributed by atoms with Crippen molar-refractivity contribution in [3.8, 4) is 28.6 Å². The zero-order valence-corrected chi connectivity index (χ0v) is 19.3. The Kier molecular flexibility index (Phi) is 6.65. The van der Waals surface area contributed by atoms with E-state index in [2.05, 4.69) is 15.5 Å². The third-order valence-electron chi connectivity index (χ3n) is 5.06. The second-order valence-electron chi connectivity index (χ2n) is 7.50. The van der Waals surface area contributed by atoms with Crippen LogP contribution < -0.4 is 10.1 Å². The summed E-state index contributed by atoms with van der Waals surface area (Å²) in [5.74, 6) is 1.39. The number of nitrogens with one attached hydrogen (secondary N) is 1. The number of benzene rings is 3. The minimum Gasteiger partial charge on any atom is -0.508 e. The van der Waals surface area contributed by atoms with Crippen molar-refractivity contribution in [1.29, 1.82) is 0 Å².